The number of benzene rings is 2. The van der Waals surface area contributed by atoms with Crippen molar-refractivity contribution in [3.8, 4) is 5.75 Å². The van der Waals surface area contributed by atoms with Crippen molar-refractivity contribution in [1.82, 2.24) is 0 Å². The van der Waals surface area contributed by atoms with E-state index in [0.717, 1.165) is 36.4 Å². The number of hydrogen-bond donors (Lipinski definition) is 0. The first-order chi connectivity index (χ1) is 16.1. The molecule has 0 spiro atoms. The van der Waals surface area contributed by atoms with Gasteiger partial charge in [-0.15, -0.1) is 0 Å². The highest BCUT2D eigenvalue weighted by molar-refractivity contribution is 5.90. The minimum atomic E-state index is -0.284. The van der Waals surface area contributed by atoms with Gasteiger partial charge in [-0.05, 0) is 66.4 Å². The van der Waals surface area contributed by atoms with Gasteiger partial charge >= 0.3 is 5.97 Å². The van der Waals surface area contributed by atoms with Gasteiger partial charge in [-0.1, -0.05) is 72.1 Å². The molecule has 1 atom stereocenters. The Hall–Kier alpha value is -2.62. The first-order valence-corrected chi connectivity index (χ1v) is 12.7. The Bertz CT molecular complexity index is 812. The number of aliphatic imine (C=N–C) groups is 1. The summed E-state index contributed by atoms with van der Waals surface area (Å²) in [5, 5.41) is 0. The predicted molar refractivity (Wildman–Crippen MR) is 138 cm³/mol. The molecule has 4 heteroatoms. The average molecular weight is 452 g/mol. The van der Waals surface area contributed by atoms with Crippen LogP contribution >= 0.6 is 0 Å². The molecular weight excluding hydrogens is 410 g/mol. The van der Waals surface area contributed by atoms with Crippen molar-refractivity contribution in [2.45, 2.75) is 78.6 Å². The first kappa shape index (κ1) is 26.6. The van der Waals surface area contributed by atoms with Gasteiger partial charge in [0.1, 0.15) is 5.75 Å². The van der Waals surface area contributed by atoms with Crippen LogP contribution in [0.2, 0.25) is 0 Å². The zero-order valence-corrected chi connectivity index (χ0v) is 20.7. The van der Waals surface area contributed by atoms with Crippen LogP contribution in [0.1, 0.15) is 94.5 Å². The van der Waals surface area contributed by atoms with Crippen LogP contribution in [0.4, 0.5) is 5.69 Å². The highest BCUT2D eigenvalue weighted by atomic mass is 16.5. The predicted octanol–water partition coefficient (Wildman–Crippen LogP) is 8.16. The minimum Gasteiger partial charge on any atom is -0.494 e. The van der Waals surface area contributed by atoms with E-state index >= 15 is 0 Å². The number of rotatable bonds is 16. The molecule has 0 fully saturated rings. The minimum absolute atomic E-state index is 0.284. The summed E-state index contributed by atoms with van der Waals surface area (Å²) < 4.78 is 11.2. The molecule has 0 aliphatic carbocycles. The van der Waals surface area contributed by atoms with Gasteiger partial charge in [-0.3, -0.25) is 4.99 Å². The van der Waals surface area contributed by atoms with Gasteiger partial charge in [0, 0.05) is 6.21 Å². The van der Waals surface area contributed by atoms with E-state index in [1.807, 2.05) is 42.6 Å². The molecule has 0 saturated heterocycles. The van der Waals surface area contributed by atoms with Crippen LogP contribution in [0.3, 0.4) is 0 Å². The summed E-state index contributed by atoms with van der Waals surface area (Å²) in [4.78, 5) is 16.6. The smallest absolute Gasteiger partial charge is 0.338 e. The van der Waals surface area contributed by atoms with Crippen molar-refractivity contribution in [2.24, 2.45) is 10.9 Å². The number of unbranched alkanes of at least 4 members (excludes halogenated alkanes) is 7. The van der Waals surface area contributed by atoms with E-state index in [9.17, 15) is 4.79 Å². The first-order valence-electron chi connectivity index (χ1n) is 12.7. The van der Waals surface area contributed by atoms with E-state index in [-0.39, 0.29) is 5.97 Å². The van der Waals surface area contributed by atoms with Crippen LogP contribution in [-0.4, -0.2) is 25.4 Å². The summed E-state index contributed by atoms with van der Waals surface area (Å²) in [5.74, 6) is 0.989. The molecule has 0 amide bonds. The molecule has 1 unspecified atom stereocenters. The van der Waals surface area contributed by atoms with Crippen molar-refractivity contribution in [3.05, 3.63) is 59.7 Å². The normalized spacial score (nSPS) is 12.1. The molecule has 4 nitrogen and oxygen atoms in total. The second-order valence-electron chi connectivity index (χ2n) is 8.81. The number of nitrogens with zero attached hydrogens (tertiary/aromatic N) is 1. The lowest BCUT2D eigenvalue weighted by atomic mass is 10.1. The zero-order valence-electron chi connectivity index (χ0n) is 20.7. The molecule has 0 N–H and O–H groups in total. The second-order valence-corrected chi connectivity index (χ2v) is 8.81. The van der Waals surface area contributed by atoms with Crippen molar-refractivity contribution in [2.75, 3.05) is 13.2 Å². The van der Waals surface area contributed by atoms with Gasteiger partial charge in [0.05, 0.1) is 24.5 Å². The van der Waals surface area contributed by atoms with Gasteiger partial charge in [-0.25, -0.2) is 4.79 Å². The van der Waals surface area contributed by atoms with Crippen molar-refractivity contribution in [3.63, 3.8) is 0 Å². The van der Waals surface area contributed by atoms with E-state index in [1.54, 1.807) is 12.1 Å². The van der Waals surface area contributed by atoms with Crippen LogP contribution in [0, 0.1) is 5.92 Å². The Morgan fingerprint density at radius 1 is 0.879 bits per heavy atom. The highest BCUT2D eigenvalue weighted by Gasteiger charge is 2.08. The molecule has 2 aromatic carbocycles. The molecule has 0 bridgehead atoms. The molecule has 0 aliphatic rings. The maximum absolute atomic E-state index is 12.1. The summed E-state index contributed by atoms with van der Waals surface area (Å²) in [5.41, 5.74) is 2.35. The second kappa shape index (κ2) is 16.1. The molecule has 0 aliphatic heterocycles. The number of ether oxygens (including phenoxy) is 2. The Labute approximate surface area is 200 Å². The zero-order chi connectivity index (χ0) is 23.7. The summed E-state index contributed by atoms with van der Waals surface area (Å²) >= 11 is 0. The van der Waals surface area contributed by atoms with Gasteiger partial charge in [0.15, 0.2) is 0 Å². The van der Waals surface area contributed by atoms with Gasteiger partial charge < -0.3 is 9.47 Å². The molecule has 0 saturated carbocycles. The Kier molecular flexibility index (Phi) is 13.0. The third kappa shape index (κ3) is 11.2. The number of carbonyl (C=O) groups excluding carboxylic acids is 1. The van der Waals surface area contributed by atoms with E-state index in [1.165, 1.54) is 44.9 Å². The molecule has 2 aromatic rings. The Balaban J connectivity index is 1.69. The van der Waals surface area contributed by atoms with E-state index < -0.39 is 0 Å². The summed E-state index contributed by atoms with van der Waals surface area (Å²) in [7, 11) is 0. The monoisotopic (exact) mass is 451 g/mol. The van der Waals surface area contributed by atoms with Gasteiger partial charge in [0.2, 0.25) is 0 Å². The molecule has 2 rings (SSSR count). The average Bonchev–Trinajstić information content (AvgIpc) is 2.85. The number of carbonyl (C=O) groups is 1. The van der Waals surface area contributed by atoms with Crippen molar-refractivity contribution >= 4 is 17.9 Å². The highest BCUT2D eigenvalue weighted by Crippen LogP contribution is 2.16. The summed E-state index contributed by atoms with van der Waals surface area (Å²) in [6, 6.07) is 15.2. The molecular formula is C29H41NO3. The van der Waals surface area contributed by atoms with E-state index in [0.29, 0.717) is 18.1 Å². The Morgan fingerprint density at radius 2 is 1.52 bits per heavy atom. The molecule has 180 valence electrons. The summed E-state index contributed by atoms with van der Waals surface area (Å²) in [6.45, 7) is 7.64. The van der Waals surface area contributed by atoms with Crippen LogP contribution in [0.15, 0.2) is 53.5 Å². The van der Waals surface area contributed by atoms with Crippen LogP contribution in [0.25, 0.3) is 0 Å². The number of esters is 1. The number of hydrogen-bond acceptors (Lipinski definition) is 4. The maximum Gasteiger partial charge on any atom is 0.338 e. The fourth-order valence-electron chi connectivity index (χ4n) is 3.33. The lowest BCUT2D eigenvalue weighted by molar-refractivity contribution is 0.0447. The summed E-state index contributed by atoms with van der Waals surface area (Å²) in [6.07, 6.45) is 13.2. The third-order valence-corrected chi connectivity index (χ3v) is 5.81. The van der Waals surface area contributed by atoms with Crippen LogP contribution < -0.4 is 4.74 Å². The molecule has 0 radical (unpaired) electrons. The molecule has 33 heavy (non-hydrogen) atoms. The Morgan fingerprint density at radius 3 is 2.15 bits per heavy atom. The van der Waals surface area contributed by atoms with E-state index in [4.69, 9.17) is 9.47 Å². The quantitative estimate of drug-likeness (QED) is 0.147. The lowest BCUT2D eigenvalue weighted by Gasteiger charge is -2.09. The molecule has 0 aromatic heterocycles. The lowest BCUT2D eigenvalue weighted by Crippen LogP contribution is -2.11. The topological polar surface area (TPSA) is 47.9 Å². The maximum atomic E-state index is 12.1. The molecule has 0 heterocycles. The van der Waals surface area contributed by atoms with Crippen LogP contribution in [-0.2, 0) is 4.74 Å². The van der Waals surface area contributed by atoms with Crippen molar-refractivity contribution < 1.29 is 14.3 Å². The fraction of sp³-hybridized carbons (Fsp3) is 0.517. The third-order valence-electron chi connectivity index (χ3n) is 5.81. The van der Waals surface area contributed by atoms with Gasteiger partial charge in [-0.2, -0.15) is 0 Å². The largest absolute Gasteiger partial charge is 0.494 e. The van der Waals surface area contributed by atoms with Gasteiger partial charge in [0.25, 0.3) is 0 Å². The standard InChI is InChI=1S/C29H41NO3/c1-4-6-7-8-9-10-11-12-21-32-28-19-13-25(14-20-28)22-30-27-17-15-26(16-18-27)29(31)33-23-24(3)5-2/h13-20,22,24H,4-12,21,23H2,1-3H3. The SMILES string of the molecule is CCCCCCCCCCOc1ccc(C=Nc2ccc(C(=O)OCC(C)CC)cc2)cc1. The van der Waals surface area contributed by atoms with Crippen molar-refractivity contribution in [1.29, 1.82) is 0 Å². The van der Waals surface area contributed by atoms with Crippen LogP contribution in [0.5, 0.6) is 5.75 Å². The van der Waals surface area contributed by atoms with E-state index in [2.05, 4.69) is 25.8 Å². The fourth-order valence-corrected chi connectivity index (χ4v) is 3.33.